The molecule has 0 spiro atoms. The lowest BCUT2D eigenvalue weighted by atomic mass is 9.87. The van der Waals surface area contributed by atoms with E-state index >= 15 is 0 Å². The molecular weight excluding hydrogens is 136 g/mol. The van der Waals surface area contributed by atoms with Crippen LogP contribution in [0.5, 0.6) is 0 Å². The Morgan fingerprint density at radius 3 is 1.70 bits per heavy atom. The molecule has 0 amide bonds. The van der Waals surface area contributed by atoms with Crippen LogP contribution in [0, 0.1) is 11.3 Å². The summed E-state index contributed by atoms with van der Waals surface area (Å²) in [5.41, 5.74) is 1.53. The highest BCUT2D eigenvalue weighted by Crippen LogP contribution is 2.33. The van der Waals surface area contributed by atoms with Crippen LogP contribution in [-0.2, 0) is 0 Å². The maximum atomic E-state index is 2.35. The standard InChI is InChI=1S/C9H22Si/c1-7(2)6-8(10)9(3,4)5/h7-8H,6H2,1-5,10H3. The second-order valence-electron chi connectivity index (χ2n) is 4.90. The Kier molecular flexibility index (Phi) is 3.64. The maximum absolute atomic E-state index is 2.35. The molecule has 0 bridgehead atoms. The van der Waals surface area contributed by atoms with Gasteiger partial charge in [-0.3, -0.25) is 0 Å². The van der Waals surface area contributed by atoms with Crippen LogP contribution in [0.2, 0.25) is 5.54 Å². The lowest BCUT2D eigenvalue weighted by Crippen LogP contribution is -2.16. The Balaban J connectivity index is 3.73. The second kappa shape index (κ2) is 3.56. The summed E-state index contributed by atoms with van der Waals surface area (Å²) in [7, 11) is 1.35. The fraction of sp³-hybridized carbons (Fsp3) is 1.00. The molecule has 0 aromatic carbocycles. The van der Waals surface area contributed by atoms with E-state index in [0.717, 1.165) is 11.5 Å². The minimum absolute atomic E-state index is 0.552. The first kappa shape index (κ1) is 10.2. The molecule has 0 N–H and O–H groups in total. The van der Waals surface area contributed by atoms with Crippen LogP contribution in [0.1, 0.15) is 41.0 Å². The van der Waals surface area contributed by atoms with E-state index in [1.165, 1.54) is 16.7 Å². The van der Waals surface area contributed by atoms with E-state index in [9.17, 15) is 0 Å². The molecule has 10 heavy (non-hydrogen) atoms. The van der Waals surface area contributed by atoms with Crippen molar-refractivity contribution in [3.63, 3.8) is 0 Å². The van der Waals surface area contributed by atoms with E-state index in [-0.39, 0.29) is 0 Å². The van der Waals surface area contributed by atoms with Gasteiger partial charge in [0, 0.05) is 10.2 Å². The summed E-state index contributed by atoms with van der Waals surface area (Å²) in [6, 6.07) is 0. The van der Waals surface area contributed by atoms with Gasteiger partial charge in [-0.15, -0.1) is 0 Å². The average Bonchev–Trinajstić information content (AvgIpc) is 1.60. The van der Waals surface area contributed by atoms with Crippen molar-refractivity contribution in [1.29, 1.82) is 0 Å². The van der Waals surface area contributed by atoms with Crippen LogP contribution in [0.4, 0.5) is 0 Å². The van der Waals surface area contributed by atoms with Gasteiger partial charge >= 0.3 is 0 Å². The molecule has 0 rings (SSSR count). The fourth-order valence-electron chi connectivity index (χ4n) is 1.06. The van der Waals surface area contributed by atoms with Crippen molar-refractivity contribution in [2.75, 3.05) is 0 Å². The Bertz CT molecular complexity index is 89.4. The summed E-state index contributed by atoms with van der Waals surface area (Å²) >= 11 is 0. The zero-order chi connectivity index (χ0) is 8.36. The van der Waals surface area contributed by atoms with Crippen LogP contribution < -0.4 is 0 Å². The first-order chi connectivity index (χ1) is 4.34. The lowest BCUT2D eigenvalue weighted by molar-refractivity contribution is 0.339. The second-order valence-corrected chi connectivity index (χ2v) is 6.29. The third-order valence-corrected chi connectivity index (χ3v) is 4.51. The van der Waals surface area contributed by atoms with Crippen molar-refractivity contribution in [2.24, 2.45) is 11.3 Å². The third-order valence-electron chi connectivity index (χ3n) is 2.30. The van der Waals surface area contributed by atoms with Crippen LogP contribution in [-0.4, -0.2) is 10.2 Å². The topological polar surface area (TPSA) is 0 Å². The Labute approximate surface area is 68.8 Å². The summed E-state index contributed by atoms with van der Waals surface area (Å²) < 4.78 is 0. The summed E-state index contributed by atoms with van der Waals surface area (Å²) in [5.74, 6) is 0.877. The zero-order valence-corrected chi connectivity index (χ0v) is 10.4. The van der Waals surface area contributed by atoms with Gasteiger partial charge in [0.25, 0.3) is 0 Å². The molecule has 1 unspecified atom stereocenters. The predicted molar refractivity (Wildman–Crippen MR) is 52.6 cm³/mol. The van der Waals surface area contributed by atoms with Gasteiger partial charge in [0.05, 0.1) is 0 Å². The highest BCUT2D eigenvalue weighted by atomic mass is 28.1. The van der Waals surface area contributed by atoms with Gasteiger partial charge in [-0.1, -0.05) is 41.0 Å². The van der Waals surface area contributed by atoms with Crippen molar-refractivity contribution in [1.82, 2.24) is 0 Å². The van der Waals surface area contributed by atoms with Crippen LogP contribution in [0.25, 0.3) is 0 Å². The molecule has 0 heterocycles. The molecule has 0 saturated heterocycles. The largest absolute Gasteiger partial charge is 0.0628 e. The number of hydrogen-bond acceptors (Lipinski definition) is 0. The molecule has 62 valence electrons. The molecule has 0 aliphatic heterocycles. The van der Waals surface area contributed by atoms with Gasteiger partial charge in [-0.05, 0) is 16.9 Å². The van der Waals surface area contributed by atoms with Gasteiger partial charge in [0.15, 0.2) is 0 Å². The van der Waals surface area contributed by atoms with Crippen LogP contribution in [0.3, 0.4) is 0 Å². The molecule has 1 heteroatoms. The molecule has 0 fully saturated rings. The molecule has 0 aliphatic rings. The number of rotatable bonds is 2. The number of hydrogen-bond donors (Lipinski definition) is 0. The van der Waals surface area contributed by atoms with Crippen LogP contribution >= 0.6 is 0 Å². The molecule has 0 aliphatic carbocycles. The van der Waals surface area contributed by atoms with E-state index in [1.807, 2.05) is 0 Å². The van der Waals surface area contributed by atoms with E-state index in [2.05, 4.69) is 34.6 Å². The van der Waals surface area contributed by atoms with Gasteiger partial charge in [0.1, 0.15) is 0 Å². The Hall–Kier alpha value is 0.217. The molecule has 0 nitrogen and oxygen atoms in total. The monoisotopic (exact) mass is 158 g/mol. The smallest absolute Gasteiger partial charge is 0.00740 e. The highest BCUT2D eigenvalue weighted by molar-refractivity contribution is 6.12. The molecule has 0 radical (unpaired) electrons. The minimum atomic E-state index is 0.552. The van der Waals surface area contributed by atoms with Gasteiger partial charge in [-0.25, -0.2) is 0 Å². The predicted octanol–water partition coefficient (Wildman–Crippen LogP) is 2.23. The highest BCUT2D eigenvalue weighted by Gasteiger charge is 2.20. The first-order valence-corrected chi connectivity index (χ1v) is 5.49. The summed E-state index contributed by atoms with van der Waals surface area (Å²) in [4.78, 5) is 0. The fourth-order valence-corrected chi connectivity index (χ4v) is 2.00. The zero-order valence-electron chi connectivity index (χ0n) is 8.36. The van der Waals surface area contributed by atoms with Crippen molar-refractivity contribution in [2.45, 2.75) is 46.6 Å². The van der Waals surface area contributed by atoms with Gasteiger partial charge < -0.3 is 0 Å². The molecule has 0 aromatic rings. The summed E-state index contributed by atoms with van der Waals surface area (Å²) in [5, 5.41) is 0. The van der Waals surface area contributed by atoms with Crippen LogP contribution in [0.15, 0.2) is 0 Å². The Morgan fingerprint density at radius 1 is 1.20 bits per heavy atom. The normalized spacial score (nSPS) is 16.2. The van der Waals surface area contributed by atoms with Crippen molar-refractivity contribution < 1.29 is 0 Å². The van der Waals surface area contributed by atoms with Crippen molar-refractivity contribution in [3.05, 3.63) is 0 Å². The molecule has 0 aromatic heterocycles. The first-order valence-electron chi connectivity index (χ1n) is 4.34. The van der Waals surface area contributed by atoms with Gasteiger partial charge in [0.2, 0.25) is 0 Å². The van der Waals surface area contributed by atoms with E-state index in [0.29, 0.717) is 5.41 Å². The molecular formula is C9H22Si. The minimum Gasteiger partial charge on any atom is -0.0628 e. The average molecular weight is 158 g/mol. The molecule has 0 saturated carbocycles. The molecule has 1 atom stereocenters. The van der Waals surface area contributed by atoms with Crippen molar-refractivity contribution in [3.8, 4) is 0 Å². The summed E-state index contributed by atoms with van der Waals surface area (Å²) in [6.07, 6.45) is 1.41. The lowest BCUT2D eigenvalue weighted by Gasteiger charge is -2.28. The van der Waals surface area contributed by atoms with E-state index < -0.39 is 0 Å². The van der Waals surface area contributed by atoms with E-state index in [1.54, 1.807) is 0 Å². The van der Waals surface area contributed by atoms with E-state index in [4.69, 9.17) is 0 Å². The van der Waals surface area contributed by atoms with Crippen molar-refractivity contribution >= 4 is 10.2 Å². The quantitative estimate of drug-likeness (QED) is 0.541. The maximum Gasteiger partial charge on any atom is 0.00740 e. The Morgan fingerprint density at radius 2 is 1.60 bits per heavy atom. The van der Waals surface area contributed by atoms with Gasteiger partial charge in [-0.2, -0.15) is 0 Å². The third kappa shape index (κ3) is 4.10. The SMILES string of the molecule is CC(C)CC([SiH3])C(C)(C)C. The summed E-state index contributed by atoms with van der Waals surface area (Å²) in [6.45, 7) is 11.7.